The van der Waals surface area contributed by atoms with Crippen LogP contribution in [0, 0.1) is 19.3 Å². The van der Waals surface area contributed by atoms with E-state index in [9.17, 15) is 0 Å². The maximum atomic E-state index is 8.11. The predicted molar refractivity (Wildman–Crippen MR) is 272 cm³/mol. The Morgan fingerprint density at radius 2 is 0.841 bits per heavy atom. The second kappa shape index (κ2) is 19.2. The summed E-state index contributed by atoms with van der Waals surface area (Å²) in [5, 5.41) is 18.0. The van der Waals surface area contributed by atoms with E-state index in [2.05, 4.69) is 185 Å². The quantitative estimate of drug-likeness (QED) is 0.0851. The number of hydrogen-bond acceptors (Lipinski definition) is 2. The third-order valence-corrected chi connectivity index (χ3v) is 12.6. The van der Waals surface area contributed by atoms with Crippen molar-refractivity contribution in [2.75, 3.05) is 0 Å². The van der Waals surface area contributed by atoms with E-state index in [4.69, 9.17) is 16.9 Å². The third-order valence-electron chi connectivity index (χ3n) is 12.6. The van der Waals surface area contributed by atoms with E-state index in [1.54, 1.807) is 0 Å². The molecule has 0 saturated heterocycles. The van der Waals surface area contributed by atoms with Crippen molar-refractivity contribution in [2.45, 2.75) is 46.1 Å². The fourth-order valence-corrected chi connectivity index (χ4v) is 9.21. The summed E-state index contributed by atoms with van der Waals surface area (Å²) < 4.78 is 0. The van der Waals surface area contributed by atoms with Gasteiger partial charge in [-0.1, -0.05) is 214 Å². The standard InChI is InChI=1S/C29H20N2.C24H26.C7H9N/c30-29(31)25-16-8-5-13-22(25)26-17-27-20-11-2-1-9-18(20)19-10-3-6-14-23(19)28(27)24-15-7-4-12-21(24)26;1-17-11-5-7-13-21(17)19(3)20(4)23-15-9-10-16-24(23)22-14-8-6-12-18(22)2;8-6-7-4-2-1-3-5-7/h1-17H,(H3,30,31);5-16,19-20H,1-4H3;1-5H,6,8H2. The lowest BCUT2D eigenvalue weighted by atomic mass is 9.79. The third kappa shape index (κ3) is 8.75. The van der Waals surface area contributed by atoms with Crippen LogP contribution in [0.5, 0.6) is 0 Å². The van der Waals surface area contributed by atoms with E-state index in [-0.39, 0.29) is 5.84 Å². The number of nitrogens with one attached hydrogen (secondary N) is 1. The van der Waals surface area contributed by atoms with Crippen LogP contribution in [0.4, 0.5) is 0 Å². The molecule has 10 aromatic rings. The first-order valence-electron chi connectivity index (χ1n) is 21.9. The molecule has 10 rings (SSSR count). The fourth-order valence-electron chi connectivity index (χ4n) is 9.21. The maximum absolute atomic E-state index is 8.11. The van der Waals surface area contributed by atoms with Gasteiger partial charge in [0.15, 0.2) is 0 Å². The molecule has 0 aliphatic rings. The Morgan fingerprint density at radius 3 is 1.43 bits per heavy atom. The molecule has 10 aromatic carbocycles. The number of aryl methyl sites for hydroxylation is 2. The second-order valence-electron chi connectivity index (χ2n) is 16.5. The first kappa shape index (κ1) is 42.4. The van der Waals surface area contributed by atoms with Gasteiger partial charge in [-0.05, 0) is 125 Å². The van der Waals surface area contributed by atoms with Gasteiger partial charge in [0.1, 0.15) is 5.84 Å². The number of benzene rings is 10. The molecule has 0 heterocycles. The van der Waals surface area contributed by atoms with Gasteiger partial charge in [0.05, 0.1) is 0 Å². The van der Waals surface area contributed by atoms with Gasteiger partial charge in [0.25, 0.3) is 0 Å². The molecule has 3 heteroatoms. The summed E-state index contributed by atoms with van der Waals surface area (Å²) in [6, 6.07) is 72.4. The molecule has 0 aliphatic carbocycles. The number of nitrogens with two attached hydrogens (primary N) is 2. The van der Waals surface area contributed by atoms with Crippen molar-refractivity contribution in [3.05, 3.63) is 240 Å². The van der Waals surface area contributed by atoms with Crippen molar-refractivity contribution in [1.82, 2.24) is 0 Å². The van der Waals surface area contributed by atoms with Crippen LogP contribution in [0.2, 0.25) is 0 Å². The molecule has 63 heavy (non-hydrogen) atoms. The van der Waals surface area contributed by atoms with Crippen LogP contribution in [-0.4, -0.2) is 5.84 Å². The van der Waals surface area contributed by atoms with Crippen LogP contribution in [0.3, 0.4) is 0 Å². The van der Waals surface area contributed by atoms with Crippen molar-refractivity contribution >= 4 is 48.9 Å². The minimum Gasteiger partial charge on any atom is -0.384 e. The molecule has 2 atom stereocenters. The second-order valence-corrected chi connectivity index (χ2v) is 16.5. The molecule has 3 nitrogen and oxygen atoms in total. The average Bonchev–Trinajstić information content (AvgIpc) is 3.34. The van der Waals surface area contributed by atoms with Crippen LogP contribution in [-0.2, 0) is 6.54 Å². The zero-order valence-corrected chi connectivity index (χ0v) is 36.6. The molecule has 0 aliphatic heterocycles. The van der Waals surface area contributed by atoms with E-state index < -0.39 is 0 Å². The molecule has 0 fully saturated rings. The Morgan fingerprint density at radius 1 is 0.413 bits per heavy atom. The molecule has 0 radical (unpaired) electrons. The average molecular weight is 818 g/mol. The molecule has 0 spiro atoms. The largest absolute Gasteiger partial charge is 0.384 e. The topological polar surface area (TPSA) is 75.9 Å². The maximum Gasteiger partial charge on any atom is 0.123 e. The molecule has 310 valence electrons. The lowest BCUT2D eigenvalue weighted by Gasteiger charge is -2.25. The van der Waals surface area contributed by atoms with E-state index in [0.717, 1.165) is 16.7 Å². The summed E-state index contributed by atoms with van der Waals surface area (Å²) in [6.07, 6.45) is 0. The van der Waals surface area contributed by atoms with Crippen LogP contribution < -0.4 is 11.5 Å². The fraction of sp³-hybridized carbons (Fsp3) is 0.117. The van der Waals surface area contributed by atoms with Gasteiger partial charge in [-0.2, -0.15) is 0 Å². The Balaban J connectivity index is 0.000000151. The zero-order valence-electron chi connectivity index (χ0n) is 36.6. The van der Waals surface area contributed by atoms with Gasteiger partial charge >= 0.3 is 0 Å². The Labute approximate surface area is 372 Å². The normalized spacial score (nSPS) is 12.0. The molecule has 0 bridgehead atoms. The summed E-state index contributed by atoms with van der Waals surface area (Å²) in [5.41, 5.74) is 23.7. The van der Waals surface area contributed by atoms with Gasteiger partial charge in [-0.3, -0.25) is 5.41 Å². The van der Waals surface area contributed by atoms with E-state index >= 15 is 0 Å². The summed E-state index contributed by atoms with van der Waals surface area (Å²) in [7, 11) is 0. The highest BCUT2D eigenvalue weighted by atomic mass is 14.7. The number of hydrogen-bond donors (Lipinski definition) is 3. The van der Waals surface area contributed by atoms with Crippen molar-refractivity contribution in [2.24, 2.45) is 11.5 Å². The summed E-state index contributed by atoms with van der Waals surface area (Å²) in [5.74, 6) is 1.03. The van der Waals surface area contributed by atoms with Crippen molar-refractivity contribution in [1.29, 1.82) is 5.41 Å². The van der Waals surface area contributed by atoms with Crippen molar-refractivity contribution < 1.29 is 0 Å². The zero-order chi connectivity index (χ0) is 43.9. The first-order chi connectivity index (χ1) is 30.8. The molecule has 0 aromatic heterocycles. The minimum absolute atomic E-state index is 0.0862. The summed E-state index contributed by atoms with van der Waals surface area (Å²) in [4.78, 5) is 0. The Bertz CT molecular complexity index is 3200. The number of fused-ring (bicyclic) bond motifs is 8. The lowest BCUT2D eigenvalue weighted by Crippen LogP contribution is -2.12. The van der Waals surface area contributed by atoms with E-state index in [1.807, 2.05) is 48.5 Å². The van der Waals surface area contributed by atoms with Gasteiger partial charge in [-0.15, -0.1) is 0 Å². The summed E-state index contributed by atoms with van der Waals surface area (Å²) >= 11 is 0. The highest BCUT2D eigenvalue weighted by molar-refractivity contribution is 6.33. The minimum atomic E-state index is 0.0862. The van der Waals surface area contributed by atoms with Crippen LogP contribution in [0.1, 0.15) is 59.1 Å². The van der Waals surface area contributed by atoms with Crippen molar-refractivity contribution in [3.63, 3.8) is 0 Å². The molecular weight excluding hydrogens is 763 g/mol. The number of amidine groups is 1. The number of rotatable bonds is 7. The highest BCUT2D eigenvalue weighted by Crippen LogP contribution is 2.43. The Hall–Kier alpha value is -7.33. The Kier molecular flexibility index (Phi) is 12.9. The molecule has 0 amide bonds. The summed E-state index contributed by atoms with van der Waals surface area (Å²) in [6.45, 7) is 9.75. The molecular formula is C60H55N3. The van der Waals surface area contributed by atoms with Gasteiger partial charge in [0, 0.05) is 12.1 Å². The highest BCUT2D eigenvalue weighted by Gasteiger charge is 2.21. The number of nitrogen functional groups attached to an aromatic ring is 1. The van der Waals surface area contributed by atoms with Gasteiger partial charge in [-0.25, -0.2) is 0 Å². The molecule has 5 N–H and O–H groups in total. The lowest BCUT2D eigenvalue weighted by molar-refractivity contribution is 0.622. The van der Waals surface area contributed by atoms with Gasteiger partial charge < -0.3 is 11.5 Å². The molecule has 2 unspecified atom stereocenters. The van der Waals surface area contributed by atoms with E-state index in [1.165, 1.54) is 82.0 Å². The van der Waals surface area contributed by atoms with E-state index in [0.29, 0.717) is 18.4 Å². The SMILES string of the molecule is Cc1ccccc1-c1ccccc1C(C)C(C)c1ccccc1C.N=C(N)c1ccccc1-c1cc2c3ccccc3c3ccccc3c2c2ccccc12.NCc1ccccc1. The smallest absolute Gasteiger partial charge is 0.123 e. The van der Waals surface area contributed by atoms with Crippen molar-refractivity contribution in [3.8, 4) is 22.3 Å². The van der Waals surface area contributed by atoms with Crippen LogP contribution in [0.15, 0.2) is 206 Å². The molecule has 0 saturated carbocycles. The van der Waals surface area contributed by atoms with Gasteiger partial charge in [0.2, 0.25) is 0 Å². The predicted octanol–water partition coefficient (Wildman–Crippen LogP) is 15.3. The first-order valence-corrected chi connectivity index (χ1v) is 21.9. The van der Waals surface area contributed by atoms with Crippen LogP contribution >= 0.6 is 0 Å². The monoisotopic (exact) mass is 817 g/mol. The van der Waals surface area contributed by atoms with Crippen LogP contribution in [0.25, 0.3) is 65.3 Å².